The van der Waals surface area contributed by atoms with E-state index in [4.69, 9.17) is 4.99 Å². The first-order valence-electron chi connectivity index (χ1n) is 7.40. The van der Waals surface area contributed by atoms with Gasteiger partial charge < -0.3 is 0 Å². The van der Waals surface area contributed by atoms with E-state index < -0.39 is 0 Å². The molecule has 22 heavy (non-hydrogen) atoms. The average molecular weight is 310 g/mol. The molecule has 2 aromatic rings. The minimum Gasteiger partial charge on any atom is -0.287 e. The molecular formula is C18H18N2OS. The summed E-state index contributed by atoms with van der Waals surface area (Å²) >= 11 is 1.65. The lowest BCUT2D eigenvalue weighted by Crippen LogP contribution is -2.39. The molecular weight excluding hydrogens is 292 g/mol. The van der Waals surface area contributed by atoms with Gasteiger partial charge in [-0.05, 0) is 37.1 Å². The maximum atomic E-state index is 12.7. The van der Waals surface area contributed by atoms with Gasteiger partial charge in [-0.15, -0.1) is 0 Å². The molecule has 0 radical (unpaired) electrons. The summed E-state index contributed by atoms with van der Waals surface area (Å²) < 4.78 is 0. The van der Waals surface area contributed by atoms with Gasteiger partial charge in [0.1, 0.15) is 0 Å². The number of amides is 1. The Kier molecular flexibility index (Phi) is 4.59. The zero-order valence-corrected chi connectivity index (χ0v) is 13.3. The van der Waals surface area contributed by atoms with Crippen molar-refractivity contribution >= 4 is 28.5 Å². The lowest BCUT2D eigenvalue weighted by molar-refractivity contribution is 0.0849. The highest BCUT2D eigenvalue weighted by atomic mass is 32.2. The molecule has 0 aromatic heterocycles. The van der Waals surface area contributed by atoms with Crippen LogP contribution in [0.2, 0.25) is 0 Å². The van der Waals surface area contributed by atoms with Gasteiger partial charge in [0.25, 0.3) is 5.91 Å². The van der Waals surface area contributed by atoms with Gasteiger partial charge in [-0.25, -0.2) is 4.99 Å². The van der Waals surface area contributed by atoms with Crippen molar-refractivity contribution in [2.75, 3.05) is 12.3 Å². The highest BCUT2D eigenvalue weighted by Gasteiger charge is 2.24. The molecule has 0 aliphatic carbocycles. The molecule has 3 nitrogen and oxygen atoms in total. The maximum absolute atomic E-state index is 12.7. The topological polar surface area (TPSA) is 32.7 Å². The van der Waals surface area contributed by atoms with Crippen molar-refractivity contribution in [2.24, 2.45) is 4.99 Å². The number of rotatable bonds is 2. The van der Waals surface area contributed by atoms with E-state index in [0.717, 1.165) is 35.1 Å². The molecule has 1 amide bonds. The molecule has 1 aliphatic rings. The standard InChI is InChI=1S/C18H18N2OS/c1-14-8-5-6-11-16(14)19-18-20(12-7-13-22-18)17(21)15-9-3-2-4-10-15/h2-6,8-11H,7,12-13H2,1H3. The molecule has 4 heteroatoms. The van der Waals surface area contributed by atoms with Crippen LogP contribution in [0.15, 0.2) is 59.6 Å². The monoisotopic (exact) mass is 310 g/mol. The third-order valence-corrected chi connectivity index (χ3v) is 4.65. The summed E-state index contributed by atoms with van der Waals surface area (Å²) in [6.45, 7) is 2.77. The van der Waals surface area contributed by atoms with Gasteiger partial charge in [0, 0.05) is 17.9 Å². The van der Waals surface area contributed by atoms with E-state index in [1.54, 1.807) is 16.7 Å². The van der Waals surface area contributed by atoms with Crippen molar-refractivity contribution in [1.29, 1.82) is 0 Å². The number of carbonyl (C=O) groups is 1. The largest absolute Gasteiger partial charge is 0.287 e. The van der Waals surface area contributed by atoms with Gasteiger partial charge in [0.15, 0.2) is 5.17 Å². The van der Waals surface area contributed by atoms with Gasteiger partial charge >= 0.3 is 0 Å². The molecule has 0 saturated carbocycles. The normalized spacial score (nSPS) is 16.8. The molecule has 2 aromatic carbocycles. The number of hydrogen-bond donors (Lipinski definition) is 0. The van der Waals surface area contributed by atoms with E-state index in [1.165, 1.54) is 0 Å². The first kappa shape index (κ1) is 14.9. The van der Waals surface area contributed by atoms with Crippen LogP contribution >= 0.6 is 11.8 Å². The molecule has 1 saturated heterocycles. The zero-order chi connectivity index (χ0) is 15.4. The van der Waals surface area contributed by atoms with Gasteiger partial charge in [-0.2, -0.15) is 0 Å². The third kappa shape index (κ3) is 3.22. The van der Waals surface area contributed by atoms with Crippen LogP contribution in [0.3, 0.4) is 0 Å². The first-order chi connectivity index (χ1) is 10.8. The fourth-order valence-corrected chi connectivity index (χ4v) is 3.32. The van der Waals surface area contributed by atoms with Crippen LogP contribution < -0.4 is 0 Å². The lowest BCUT2D eigenvalue weighted by Gasteiger charge is -2.28. The second-order valence-electron chi connectivity index (χ2n) is 5.21. The Morgan fingerprint density at radius 2 is 1.82 bits per heavy atom. The maximum Gasteiger partial charge on any atom is 0.259 e. The molecule has 0 unspecified atom stereocenters. The third-order valence-electron chi connectivity index (χ3n) is 3.59. The number of aryl methyl sites for hydroxylation is 1. The van der Waals surface area contributed by atoms with Crippen molar-refractivity contribution in [3.63, 3.8) is 0 Å². The predicted molar refractivity (Wildman–Crippen MR) is 92.8 cm³/mol. The van der Waals surface area contributed by atoms with Crippen LogP contribution in [0.1, 0.15) is 22.3 Å². The summed E-state index contributed by atoms with van der Waals surface area (Å²) in [4.78, 5) is 19.2. The molecule has 1 fully saturated rings. The second kappa shape index (κ2) is 6.79. The van der Waals surface area contributed by atoms with Crippen molar-refractivity contribution in [2.45, 2.75) is 13.3 Å². The quantitative estimate of drug-likeness (QED) is 0.830. The number of amidine groups is 1. The summed E-state index contributed by atoms with van der Waals surface area (Å²) in [5, 5.41) is 0.800. The summed E-state index contributed by atoms with van der Waals surface area (Å²) in [7, 11) is 0. The Bertz CT molecular complexity index is 697. The van der Waals surface area contributed by atoms with E-state index in [-0.39, 0.29) is 5.91 Å². The molecule has 3 rings (SSSR count). The number of nitrogens with zero attached hydrogens (tertiary/aromatic N) is 2. The number of carbonyl (C=O) groups excluding carboxylic acids is 1. The van der Waals surface area contributed by atoms with Gasteiger partial charge in [0.2, 0.25) is 0 Å². The van der Waals surface area contributed by atoms with E-state index in [2.05, 4.69) is 0 Å². The molecule has 0 N–H and O–H groups in total. The molecule has 112 valence electrons. The minimum atomic E-state index is 0.0279. The Morgan fingerprint density at radius 3 is 2.59 bits per heavy atom. The van der Waals surface area contributed by atoms with E-state index >= 15 is 0 Å². The second-order valence-corrected chi connectivity index (χ2v) is 6.27. The Balaban J connectivity index is 1.92. The molecule has 1 aliphatic heterocycles. The molecule has 0 atom stereocenters. The van der Waals surface area contributed by atoms with Crippen LogP contribution in [0.4, 0.5) is 5.69 Å². The van der Waals surface area contributed by atoms with Crippen LogP contribution in [-0.4, -0.2) is 28.3 Å². The zero-order valence-electron chi connectivity index (χ0n) is 12.5. The van der Waals surface area contributed by atoms with Crippen LogP contribution in [-0.2, 0) is 0 Å². The van der Waals surface area contributed by atoms with Crippen LogP contribution in [0.25, 0.3) is 0 Å². The van der Waals surface area contributed by atoms with Crippen molar-refractivity contribution < 1.29 is 4.79 Å². The Hall–Kier alpha value is -2.07. The smallest absolute Gasteiger partial charge is 0.259 e. The number of aliphatic imine (C=N–C) groups is 1. The highest BCUT2D eigenvalue weighted by molar-refractivity contribution is 8.13. The number of thioether (sulfide) groups is 1. The fourth-order valence-electron chi connectivity index (χ4n) is 2.37. The van der Waals surface area contributed by atoms with Crippen molar-refractivity contribution in [1.82, 2.24) is 4.90 Å². The SMILES string of the molecule is Cc1ccccc1N=C1SCCCN1C(=O)c1ccccc1. The predicted octanol–water partition coefficient (Wildman–Crippen LogP) is 4.26. The Morgan fingerprint density at radius 1 is 1.09 bits per heavy atom. The highest BCUT2D eigenvalue weighted by Crippen LogP contribution is 2.25. The van der Waals surface area contributed by atoms with Gasteiger partial charge in [0.05, 0.1) is 5.69 Å². The van der Waals surface area contributed by atoms with Crippen LogP contribution in [0.5, 0.6) is 0 Å². The molecule has 0 bridgehead atoms. The minimum absolute atomic E-state index is 0.0279. The number of hydrogen-bond acceptors (Lipinski definition) is 3. The first-order valence-corrected chi connectivity index (χ1v) is 8.38. The lowest BCUT2D eigenvalue weighted by atomic mass is 10.2. The van der Waals surface area contributed by atoms with Crippen LogP contribution in [0, 0.1) is 6.92 Å². The number of benzene rings is 2. The average Bonchev–Trinajstić information content (AvgIpc) is 2.58. The van der Waals surface area contributed by atoms with Crippen molar-refractivity contribution in [3.8, 4) is 0 Å². The van der Waals surface area contributed by atoms with Gasteiger partial charge in [-0.3, -0.25) is 9.69 Å². The summed E-state index contributed by atoms with van der Waals surface area (Å²) in [5.41, 5.74) is 2.76. The molecule has 1 heterocycles. The van der Waals surface area contributed by atoms with Crippen molar-refractivity contribution in [3.05, 3.63) is 65.7 Å². The Labute approximate surface area is 135 Å². The van der Waals surface area contributed by atoms with E-state index in [0.29, 0.717) is 5.56 Å². The fraction of sp³-hybridized carbons (Fsp3) is 0.222. The molecule has 0 spiro atoms. The summed E-state index contributed by atoms with van der Waals surface area (Å²) in [6, 6.07) is 17.4. The number of para-hydroxylation sites is 1. The van der Waals surface area contributed by atoms with E-state index in [9.17, 15) is 4.79 Å². The summed E-state index contributed by atoms with van der Waals surface area (Å²) in [5.74, 6) is 1.03. The summed E-state index contributed by atoms with van der Waals surface area (Å²) in [6.07, 6.45) is 0.996. The van der Waals surface area contributed by atoms with E-state index in [1.807, 2.05) is 61.5 Å². The van der Waals surface area contributed by atoms with Gasteiger partial charge in [-0.1, -0.05) is 48.2 Å².